The highest BCUT2D eigenvalue weighted by atomic mass is 16.2. The Labute approximate surface area is 155 Å². The number of carbonyl (C=O) groups excluding carboxylic acids is 1. The Balaban J connectivity index is 1.28. The van der Waals surface area contributed by atoms with Crippen LogP contribution in [0.1, 0.15) is 56.6 Å². The van der Waals surface area contributed by atoms with E-state index in [9.17, 15) is 4.79 Å². The smallest absolute Gasteiger partial charge is 0.227 e. The van der Waals surface area contributed by atoms with Crippen LogP contribution in [-0.4, -0.2) is 24.7 Å². The van der Waals surface area contributed by atoms with Crippen molar-refractivity contribution in [3.8, 4) is 0 Å². The Hall–Kier alpha value is -1.47. The van der Waals surface area contributed by atoms with E-state index in [0.717, 1.165) is 17.9 Å². The number of amides is 1. The van der Waals surface area contributed by atoms with Crippen LogP contribution in [0.15, 0.2) is 30.3 Å². The molecule has 3 aliphatic rings. The molecule has 5 N–H and O–H groups in total. The number of hydrogen-bond acceptors (Lipinski definition) is 5. The molecular formula is C20H31N5O. The third kappa shape index (κ3) is 4.26. The van der Waals surface area contributed by atoms with Crippen molar-refractivity contribution in [2.24, 2.45) is 11.8 Å². The number of hydrogen-bond donors (Lipinski definition) is 5. The Kier molecular flexibility index (Phi) is 5.84. The molecule has 4 rings (SSSR count). The van der Waals surface area contributed by atoms with Crippen LogP contribution in [0.2, 0.25) is 0 Å². The normalized spacial score (nSPS) is 32.6. The summed E-state index contributed by atoms with van der Waals surface area (Å²) in [6.45, 7) is 0.650. The van der Waals surface area contributed by atoms with E-state index in [1.807, 2.05) is 18.2 Å². The monoisotopic (exact) mass is 357 g/mol. The van der Waals surface area contributed by atoms with E-state index in [1.54, 1.807) is 0 Å². The molecule has 0 spiro atoms. The fraction of sp³-hybridized carbons (Fsp3) is 0.650. The van der Waals surface area contributed by atoms with Crippen molar-refractivity contribution in [1.82, 2.24) is 27.0 Å². The topological polar surface area (TPSA) is 77.2 Å². The third-order valence-corrected chi connectivity index (χ3v) is 6.12. The summed E-state index contributed by atoms with van der Waals surface area (Å²) < 4.78 is 0. The van der Waals surface area contributed by atoms with Crippen LogP contribution in [0.5, 0.6) is 0 Å². The van der Waals surface area contributed by atoms with E-state index >= 15 is 0 Å². The van der Waals surface area contributed by atoms with Crippen LogP contribution >= 0.6 is 0 Å². The first kappa shape index (κ1) is 17.9. The molecule has 1 aromatic carbocycles. The van der Waals surface area contributed by atoms with Crippen molar-refractivity contribution in [3.05, 3.63) is 35.9 Å². The van der Waals surface area contributed by atoms with Gasteiger partial charge in [0.2, 0.25) is 5.91 Å². The Morgan fingerprint density at radius 2 is 1.85 bits per heavy atom. The zero-order valence-corrected chi connectivity index (χ0v) is 15.3. The van der Waals surface area contributed by atoms with Crippen molar-refractivity contribution in [3.63, 3.8) is 0 Å². The molecule has 2 saturated heterocycles. The summed E-state index contributed by atoms with van der Waals surface area (Å²) in [5.41, 5.74) is 14.2. The second-order valence-electron chi connectivity index (χ2n) is 8.04. The van der Waals surface area contributed by atoms with Gasteiger partial charge >= 0.3 is 0 Å². The molecule has 3 fully saturated rings. The Bertz CT molecular complexity index is 589. The van der Waals surface area contributed by atoms with Gasteiger partial charge in [0.25, 0.3) is 0 Å². The molecular weight excluding hydrogens is 326 g/mol. The lowest BCUT2D eigenvalue weighted by atomic mass is 9.84. The molecule has 1 amide bonds. The van der Waals surface area contributed by atoms with Gasteiger partial charge in [0.05, 0.1) is 18.1 Å². The highest BCUT2D eigenvalue weighted by molar-refractivity contribution is 5.80. The molecule has 1 aliphatic carbocycles. The molecule has 4 atom stereocenters. The molecule has 0 bridgehead atoms. The van der Waals surface area contributed by atoms with E-state index in [0.29, 0.717) is 12.6 Å². The number of benzene rings is 1. The minimum Gasteiger partial charge on any atom is -0.339 e. The largest absolute Gasteiger partial charge is 0.339 e. The summed E-state index contributed by atoms with van der Waals surface area (Å²) in [6, 6.07) is 10.7. The van der Waals surface area contributed by atoms with Crippen LogP contribution in [0.25, 0.3) is 0 Å². The molecule has 2 heterocycles. The number of nitrogens with one attached hydrogen (secondary N) is 5. The number of rotatable bonds is 5. The maximum absolute atomic E-state index is 12.8. The number of carbonyl (C=O) groups is 1. The zero-order chi connectivity index (χ0) is 17.8. The fourth-order valence-corrected chi connectivity index (χ4v) is 4.69. The van der Waals surface area contributed by atoms with Gasteiger partial charge in [0.15, 0.2) is 0 Å². The minimum absolute atomic E-state index is 0.0172. The molecule has 6 nitrogen and oxygen atoms in total. The molecule has 0 aromatic heterocycles. The SMILES string of the molecule is O=C(NC1CC(CC2CCCCC2)NN1)C1CNNC1c1ccccc1. The Morgan fingerprint density at radius 3 is 2.65 bits per heavy atom. The summed E-state index contributed by atoms with van der Waals surface area (Å²) in [5.74, 6) is 0.855. The van der Waals surface area contributed by atoms with E-state index < -0.39 is 0 Å². The minimum atomic E-state index is -0.100. The molecule has 1 aromatic rings. The molecule has 0 radical (unpaired) electrons. The lowest BCUT2D eigenvalue weighted by molar-refractivity contribution is -0.125. The maximum Gasteiger partial charge on any atom is 0.227 e. The van der Waals surface area contributed by atoms with E-state index in [1.165, 1.54) is 38.5 Å². The van der Waals surface area contributed by atoms with Gasteiger partial charge in [0, 0.05) is 12.6 Å². The average molecular weight is 358 g/mol. The fourth-order valence-electron chi connectivity index (χ4n) is 4.69. The molecule has 4 unspecified atom stereocenters. The summed E-state index contributed by atoms with van der Waals surface area (Å²) >= 11 is 0. The zero-order valence-electron chi connectivity index (χ0n) is 15.3. The number of hydrazine groups is 2. The van der Waals surface area contributed by atoms with Crippen molar-refractivity contribution < 1.29 is 4.79 Å². The van der Waals surface area contributed by atoms with Gasteiger partial charge < -0.3 is 5.32 Å². The van der Waals surface area contributed by atoms with E-state index in [-0.39, 0.29) is 24.0 Å². The summed E-state index contributed by atoms with van der Waals surface area (Å²) in [4.78, 5) is 12.8. The highest BCUT2D eigenvalue weighted by Crippen LogP contribution is 2.29. The molecule has 2 aliphatic heterocycles. The van der Waals surface area contributed by atoms with E-state index in [2.05, 4.69) is 39.2 Å². The second-order valence-corrected chi connectivity index (χ2v) is 8.04. The second kappa shape index (κ2) is 8.48. The van der Waals surface area contributed by atoms with Crippen molar-refractivity contribution in [2.75, 3.05) is 6.54 Å². The first-order valence-corrected chi connectivity index (χ1v) is 10.1. The molecule has 1 saturated carbocycles. The van der Waals surface area contributed by atoms with Crippen LogP contribution < -0.4 is 27.0 Å². The first-order chi connectivity index (χ1) is 12.8. The van der Waals surface area contributed by atoms with Gasteiger partial charge in [-0.05, 0) is 24.3 Å². The van der Waals surface area contributed by atoms with Crippen molar-refractivity contribution >= 4 is 5.91 Å². The van der Waals surface area contributed by atoms with Gasteiger partial charge in [-0.15, -0.1) is 0 Å². The molecule has 26 heavy (non-hydrogen) atoms. The van der Waals surface area contributed by atoms with Gasteiger partial charge in [-0.25, -0.2) is 10.9 Å². The molecule has 6 heteroatoms. The maximum atomic E-state index is 12.8. The van der Waals surface area contributed by atoms with Crippen LogP contribution in [0, 0.1) is 11.8 Å². The van der Waals surface area contributed by atoms with Crippen molar-refractivity contribution in [2.45, 2.75) is 63.2 Å². The van der Waals surface area contributed by atoms with Crippen LogP contribution in [0.4, 0.5) is 0 Å². The quantitative estimate of drug-likeness (QED) is 0.555. The van der Waals surface area contributed by atoms with Gasteiger partial charge in [0.1, 0.15) is 0 Å². The van der Waals surface area contributed by atoms with Crippen LogP contribution in [0.3, 0.4) is 0 Å². The average Bonchev–Trinajstić information content (AvgIpc) is 3.33. The third-order valence-electron chi connectivity index (χ3n) is 6.12. The van der Waals surface area contributed by atoms with E-state index in [4.69, 9.17) is 0 Å². The van der Waals surface area contributed by atoms with Gasteiger partial charge in [-0.3, -0.25) is 15.6 Å². The van der Waals surface area contributed by atoms with Crippen molar-refractivity contribution in [1.29, 1.82) is 0 Å². The standard InChI is InChI=1S/C20H31N5O/c26-20(17-13-21-25-19(17)15-9-5-2-6-10-15)22-18-12-16(23-24-18)11-14-7-3-1-4-8-14/h2,5-6,9-10,14,16-19,21,23-25H,1,3-4,7-8,11-13H2,(H,22,26). The highest BCUT2D eigenvalue weighted by Gasteiger charge is 2.36. The predicted molar refractivity (Wildman–Crippen MR) is 102 cm³/mol. The Morgan fingerprint density at radius 1 is 1.04 bits per heavy atom. The lowest BCUT2D eigenvalue weighted by Gasteiger charge is -2.24. The lowest BCUT2D eigenvalue weighted by Crippen LogP contribution is -2.47. The van der Waals surface area contributed by atoms with Crippen LogP contribution in [-0.2, 0) is 4.79 Å². The van der Waals surface area contributed by atoms with Gasteiger partial charge in [-0.2, -0.15) is 0 Å². The first-order valence-electron chi connectivity index (χ1n) is 10.1. The summed E-state index contributed by atoms with van der Waals surface area (Å²) in [5, 5.41) is 3.20. The summed E-state index contributed by atoms with van der Waals surface area (Å²) in [7, 11) is 0. The summed E-state index contributed by atoms with van der Waals surface area (Å²) in [6.07, 6.45) is 9.11. The molecule has 142 valence electrons. The predicted octanol–water partition coefficient (Wildman–Crippen LogP) is 1.73. The van der Waals surface area contributed by atoms with Gasteiger partial charge in [-0.1, -0.05) is 62.4 Å².